The van der Waals surface area contributed by atoms with Crippen molar-refractivity contribution in [3.8, 4) is 5.69 Å². The third-order valence-corrected chi connectivity index (χ3v) is 3.61. The Labute approximate surface area is 118 Å². The SMILES string of the molecule is O=C(CC1=CCCCC1)c1cnnn1-c1ccccc1. The molecule has 2 aromatic rings. The van der Waals surface area contributed by atoms with Gasteiger partial charge in [0.1, 0.15) is 5.69 Å². The van der Waals surface area contributed by atoms with Gasteiger partial charge in [0.15, 0.2) is 5.78 Å². The molecule has 4 heteroatoms. The first-order valence-corrected chi connectivity index (χ1v) is 7.02. The fraction of sp³-hybridized carbons (Fsp3) is 0.312. The highest BCUT2D eigenvalue weighted by molar-refractivity contribution is 5.96. The second kappa shape index (κ2) is 5.82. The number of nitrogens with zero attached hydrogens (tertiary/aromatic N) is 3. The second-order valence-electron chi connectivity index (χ2n) is 5.07. The van der Waals surface area contributed by atoms with Crippen LogP contribution in [0.3, 0.4) is 0 Å². The average Bonchev–Trinajstić information content (AvgIpc) is 2.99. The highest BCUT2D eigenvalue weighted by Crippen LogP contribution is 2.22. The molecule has 3 rings (SSSR count). The van der Waals surface area contributed by atoms with Gasteiger partial charge >= 0.3 is 0 Å². The summed E-state index contributed by atoms with van der Waals surface area (Å²) in [4.78, 5) is 12.4. The molecule has 0 amide bonds. The van der Waals surface area contributed by atoms with Crippen LogP contribution in [0.25, 0.3) is 5.69 Å². The summed E-state index contributed by atoms with van der Waals surface area (Å²) in [5.41, 5.74) is 2.68. The molecule has 0 atom stereocenters. The van der Waals surface area contributed by atoms with Crippen molar-refractivity contribution in [2.75, 3.05) is 0 Å². The van der Waals surface area contributed by atoms with E-state index in [2.05, 4.69) is 16.4 Å². The molecule has 20 heavy (non-hydrogen) atoms. The molecule has 0 radical (unpaired) electrons. The lowest BCUT2D eigenvalue weighted by Crippen LogP contribution is -2.10. The van der Waals surface area contributed by atoms with E-state index in [1.165, 1.54) is 18.4 Å². The number of aromatic nitrogens is 3. The van der Waals surface area contributed by atoms with E-state index in [4.69, 9.17) is 0 Å². The molecule has 1 aliphatic rings. The van der Waals surface area contributed by atoms with Crippen molar-refractivity contribution in [1.82, 2.24) is 15.0 Å². The van der Waals surface area contributed by atoms with Crippen LogP contribution in [-0.2, 0) is 0 Å². The predicted octanol–water partition coefficient (Wildman–Crippen LogP) is 3.34. The minimum absolute atomic E-state index is 0.0898. The van der Waals surface area contributed by atoms with Crippen LogP contribution in [0.2, 0.25) is 0 Å². The first-order valence-electron chi connectivity index (χ1n) is 7.02. The number of carbonyl (C=O) groups is 1. The minimum atomic E-state index is 0.0898. The fourth-order valence-electron chi connectivity index (χ4n) is 2.55. The van der Waals surface area contributed by atoms with E-state index >= 15 is 0 Å². The maximum absolute atomic E-state index is 12.4. The molecule has 0 fully saturated rings. The smallest absolute Gasteiger partial charge is 0.186 e. The van der Waals surface area contributed by atoms with Crippen LogP contribution < -0.4 is 0 Å². The van der Waals surface area contributed by atoms with E-state index in [1.54, 1.807) is 10.9 Å². The Bertz CT molecular complexity index is 628. The molecule has 102 valence electrons. The van der Waals surface area contributed by atoms with Gasteiger partial charge in [-0.2, -0.15) is 0 Å². The lowest BCUT2D eigenvalue weighted by atomic mass is 9.95. The lowest BCUT2D eigenvalue weighted by molar-refractivity contribution is 0.0984. The quantitative estimate of drug-likeness (QED) is 0.630. The van der Waals surface area contributed by atoms with Gasteiger partial charge in [0.05, 0.1) is 11.9 Å². The zero-order chi connectivity index (χ0) is 13.8. The molecule has 0 saturated heterocycles. The van der Waals surface area contributed by atoms with Crippen molar-refractivity contribution in [1.29, 1.82) is 0 Å². The number of carbonyl (C=O) groups excluding carboxylic acids is 1. The normalized spacial score (nSPS) is 14.9. The molecule has 0 saturated carbocycles. The number of ketones is 1. The van der Waals surface area contributed by atoms with E-state index in [9.17, 15) is 4.79 Å². The van der Waals surface area contributed by atoms with Gasteiger partial charge in [0.2, 0.25) is 0 Å². The number of allylic oxidation sites excluding steroid dienone is 2. The first kappa shape index (κ1) is 12.8. The van der Waals surface area contributed by atoms with Crippen molar-refractivity contribution in [3.05, 3.63) is 53.9 Å². The van der Waals surface area contributed by atoms with Crippen LogP contribution in [0.4, 0.5) is 0 Å². The Kier molecular flexibility index (Phi) is 3.72. The summed E-state index contributed by atoms with van der Waals surface area (Å²) in [7, 11) is 0. The number of rotatable bonds is 4. The third-order valence-electron chi connectivity index (χ3n) is 3.61. The van der Waals surface area contributed by atoms with Crippen LogP contribution in [0.5, 0.6) is 0 Å². The molecular weight excluding hydrogens is 250 g/mol. The van der Waals surface area contributed by atoms with Crippen molar-refractivity contribution in [3.63, 3.8) is 0 Å². The third kappa shape index (κ3) is 2.69. The van der Waals surface area contributed by atoms with Gasteiger partial charge in [-0.3, -0.25) is 4.79 Å². The Balaban J connectivity index is 1.82. The molecule has 0 bridgehead atoms. The minimum Gasteiger partial charge on any atom is -0.292 e. The summed E-state index contributed by atoms with van der Waals surface area (Å²) >= 11 is 0. The zero-order valence-electron chi connectivity index (χ0n) is 11.3. The van der Waals surface area contributed by atoms with Crippen LogP contribution in [0, 0.1) is 0 Å². The molecule has 0 N–H and O–H groups in total. The average molecular weight is 267 g/mol. The van der Waals surface area contributed by atoms with Gasteiger partial charge in [0, 0.05) is 6.42 Å². The lowest BCUT2D eigenvalue weighted by Gasteiger charge is -2.12. The Morgan fingerprint density at radius 2 is 2.05 bits per heavy atom. The number of Topliss-reactive ketones (excluding diaryl/α,β-unsaturated/α-hetero) is 1. The highest BCUT2D eigenvalue weighted by Gasteiger charge is 2.16. The van der Waals surface area contributed by atoms with Crippen LogP contribution in [0.15, 0.2) is 48.2 Å². The summed E-state index contributed by atoms with van der Waals surface area (Å²) in [6.45, 7) is 0. The van der Waals surface area contributed by atoms with E-state index in [1.807, 2.05) is 30.3 Å². The maximum atomic E-state index is 12.4. The van der Waals surface area contributed by atoms with Crippen LogP contribution in [0.1, 0.15) is 42.6 Å². The number of hydrogen-bond acceptors (Lipinski definition) is 3. The monoisotopic (exact) mass is 267 g/mol. The summed E-state index contributed by atoms with van der Waals surface area (Å²) < 4.78 is 1.62. The van der Waals surface area contributed by atoms with E-state index in [-0.39, 0.29) is 5.78 Å². The summed E-state index contributed by atoms with van der Waals surface area (Å²) in [6, 6.07) is 9.63. The molecule has 0 unspecified atom stereocenters. The zero-order valence-corrected chi connectivity index (χ0v) is 11.3. The molecule has 0 spiro atoms. The van der Waals surface area contributed by atoms with Crippen LogP contribution >= 0.6 is 0 Å². The number of para-hydroxylation sites is 1. The molecule has 1 aromatic heterocycles. The van der Waals surface area contributed by atoms with Crippen molar-refractivity contribution < 1.29 is 4.79 Å². The second-order valence-corrected chi connectivity index (χ2v) is 5.07. The fourth-order valence-corrected chi connectivity index (χ4v) is 2.55. The van der Waals surface area contributed by atoms with Crippen molar-refractivity contribution >= 4 is 5.78 Å². The van der Waals surface area contributed by atoms with Gasteiger partial charge in [-0.05, 0) is 37.8 Å². The molecular formula is C16H17N3O. The predicted molar refractivity (Wildman–Crippen MR) is 76.9 cm³/mol. The van der Waals surface area contributed by atoms with Gasteiger partial charge in [0.25, 0.3) is 0 Å². The first-order chi connectivity index (χ1) is 9.84. The maximum Gasteiger partial charge on any atom is 0.186 e. The van der Waals surface area contributed by atoms with Crippen molar-refractivity contribution in [2.24, 2.45) is 0 Å². The van der Waals surface area contributed by atoms with E-state index in [0.29, 0.717) is 12.1 Å². The molecule has 0 aliphatic heterocycles. The Morgan fingerprint density at radius 3 is 2.80 bits per heavy atom. The van der Waals surface area contributed by atoms with Gasteiger partial charge in [-0.15, -0.1) is 5.10 Å². The van der Waals surface area contributed by atoms with E-state index < -0.39 is 0 Å². The Hall–Kier alpha value is -2.23. The topological polar surface area (TPSA) is 47.8 Å². The highest BCUT2D eigenvalue weighted by atomic mass is 16.1. The summed E-state index contributed by atoms with van der Waals surface area (Å²) in [6.07, 6.45) is 8.81. The summed E-state index contributed by atoms with van der Waals surface area (Å²) in [5.74, 6) is 0.0898. The molecule has 1 aliphatic carbocycles. The molecule has 1 aromatic carbocycles. The van der Waals surface area contributed by atoms with Gasteiger partial charge in [-0.25, -0.2) is 4.68 Å². The van der Waals surface area contributed by atoms with E-state index in [0.717, 1.165) is 18.5 Å². The largest absolute Gasteiger partial charge is 0.292 e. The number of benzene rings is 1. The Morgan fingerprint density at radius 1 is 1.20 bits per heavy atom. The van der Waals surface area contributed by atoms with Gasteiger partial charge in [-0.1, -0.05) is 35.1 Å². The van der Waals surface area contributed by atoms with Gasteiger partial charge < -0.3 is 0 Å². The number of hydrogen-bond donors (Lipinski definition) is 0. The van der Waals surface area contributed by atoms with Crippen molar-refractivity contribution in [2.45, 2.75) is 32.1 Å². The molecule has 1 heterocycles. The summed E-state index contributed by atoms with van der Waals surface area (Å²) in [5, 5.41) is 7.91. The standard InChI is InChI=1S/C16H17N3O/c20-16(11-13-7-3-1-4-8-13)15-12-17-18-19(15)14-9-5-2-6-10-14/h2,5-7,9-10,12H,1,3-4,8,11H2. The van der Waals surface area contributed by atoms with Crippen LogP contribution in [-0.4, -0.2) is 20.8 Å². The molecule has 4 nitrogen and oxygen atoms in total.